The van der Waals surface area contributed by atoms with Gasteiger partial charge in [-0.15, -0.1) is 0 Å². The smallest absolute Gasteiger partial charge is 0.174 e. The highest BCUT2D eigenvalue weighted by Crippen LogP contribution is 2.30. The summed E-state index contributed by atoms with van der Waals surface area (Å²) in [6, 6.07) is 7.17. The van der Waals surface area contributed by atoms with E-state index in [1.807, 2.05) is 0 Å². The van der Waals surface area contributed by atoms with Crippen LogP contribution in [0.25, 0.3) is 0 Å². The molecule has 26 heavy (non-hydrogen) atoms. The minimum absolute atomic E-state index is 0.0573. The fraction of sp³-hybridized carbons (Fsp3) is 0.391. The fourth-order valence-corrected chi connectivity index (χ4v) is 3.61. The predicted octanol–water partition coefficient (Wildman–Crippen LogP) is 6.19. The summed E-state index contributed by atoms with van der Waals surface area (Å²) in [6.45, 7) is 2.20. The third kappa shape index (κ3) is 4.30. The molecule has 0 spiro atoms. The van der Waals surface area contributed by atoms with E-state index in [1.54, 1.807) is 12.1 Å². The third-order valence-electron chi connectivity index (χ3n) is 5.12. The number of halogens is 3. The highest BCUT2D eigenvalue weighted by molar-refractivity contribution is 5.47. The summed E-state index contributed by atoms with van der Waals surface area (Å²) < 4.78 is 41.3. The molecule has 136 valence electrons. The molecule has 0 radical (unpaired) electrons. The normalized spacial score (nSPS) is 15.9. The van der Waals surface area contributed by atoms with Crippen LogP contribution in [0, 0.1) is 35.2 Å². The standard InChI is InChI=1S/C23H23F3/c1-2-3-4-6-16-9-10-18-14-19(22(25)15-20(18)13-16)12-11-17-7-5-8-21(24)23(17)26/h5,7-8,14-16H,2-4,6,9-10,13H2,1H3. The summed E-state index contributed by atoms with van der Waals surface area (Å²) in [5.41, 5.74) is 2.38. The Labute approximate surface area is 153 Å². The molecule has 0 saturated heterocycles. The highest BCUT2D eigenvalue weighted by atomic mass is 19.2. The lowest BCUT2D eigenvalue weighted by atomic mass is 9.80. The molecular weight excluding hydrogens is 333 g/mol. The average Bonchev–Trinajstić information content (AvgIpc) is 2.63. The van der Waals surface area contributed by atoms with Crippen molar-refractivity contribution in [3.8, 4) is 11.8 Å². The average molecular weight is 356 g/mol. The number of benzene rings is 2. The van der Waals surface area contributed by atoms with Crippen molar-refractivity contribution in [1.82, 2.24) is 0 Å². The van der Waals surface area contributed by atoms with E-state index in [4.69, 9.17) is 0 Å². The van der Waals surface area contributed by atoms with Gasteiger partial charge in [0, 0.05) is 0 Å². The first-order chi connectivity index (χ1) is 12.6. The number of rotatable bonds is 4. The summed E-state index contributed by atoms with van der Waals surface area (Å²) in [6.07, 6.45) is 7.87. The predicted molar refractivity (Wildman–Crippen MR) is 98.4 cm³/mol. The van der Waals surface area contributed by atoms with Gasteiger partial charge in [-0.1, -0.05) is 50.5 Å². The van der Waals surface area contributed by atoms with Gasteiger partial charge in [-0.05, 0) is 60.6 Å². The van der Waals surface area contributed by atoms with E-state index in [0.717, 1.165) is 36.5 Å². The van der Waals surface area contributed by atoms with Gasteiger partial charge in [0.25, 0.3) is 0 Å². The van der Waals surface area contributed by atoms with Crippen molar-refractivity contribution in [1.29, 1.82) is 0 Å². The molecular formula is C23H23F3. The van der Waals surface area contributed by atoms with Crippen molar-refractivity contribution in [2.75, 3.05) is 0 Å². The molecule has 1 aliphatic carbocycles. The quantitative estimate of drug-likeness (QED) is 0.453. The van der Waals surface area contributed by atoms with E-state index in [0.29, 0.717) is 5.92 Å². The molecule has 0 amide bonds. The van der Waals surface area contributed by atoms with Crippen LogP contribution in [0.1, 0.15) is 61.3 Å². The maximum absolute atomic E-state index is 14.4. The van der Waals surface area contributed by atoms with Gasteiger partial charge in [0.2, 0.25) is 0 Å². The first-order valence-corrected chi connectivity index (χ1v) is 9.35. The summed E-state index contributed by atoms with van der Waals surface area (Å²) in [4.78, 5) is 0. The van der Waals surface area contributed by atoms with Crippen LogP contribution < -0.4 is 0 Å². The van der Waals surface area contributed by atoms with Gasteiger partial charge in [0.1, 0.15) is 5.82 Å². The molecule has 2 aromatic carbocycles. The molecule has 1 atom stereocenters. The topological polar surface area (TPSA) is 0 Å². The molecule has 0 N–H and O–H groups in total. The second kappa shape index (κ2) is 8.45. The Bertz CT molecular complexity index is 843. The van der Waals surface area contributed by atoms with Crippen LogP contribution in [-0.4, -0.2) is 0 Å². The first-order valence-electron chi connectivity index (χ1n) is 9.35. The van der Waals surface area contributed by atoms with Crippen LogP contribution in [0.5, 0.6) is 0 Å². The number of hydrogen-bond donors (Lipinski definition) is 0. The van der Waals surface area contributed by atoms with Gasteiger partial charge in [0.05, 0.1) is 11.1 Å². The summed E-state index contributed by atoms with van der Waals surface area (Å²) in [5.74, 6) is 3.53. The van der Waals surface area contributed by atoms with E-state index in [1.165, 1.54) is 37.8 Å². The monoisotopic (exact) mass is 356 g/mol. The van der Waals surface area contributed by atoms with Crippen LogP contribution in [-0.2, 0) is 12.8 Å². The summed E-state index contributed by atoms with van der Waals surface area (Å²) in [5, 5.41) is 0. The highest BCUT2D eigenvalue weighted by Gasteiger charge is 2.20. The zero-order chi connectivity index (χ0) is 18.5. The Hall–Kier alpha value is -2.21. The van der Waals surface area contributed by atoms with Crippen LogP contribution in [0.2, 0.25) is 0 Å². The Balaban J connectivity index is 1.78. The molecule has 0 aliphatic heterocycles. The Morgan fingerprint density at radius 2 is 1.77 bits per heavy atom. The van der Waals surface area contributed by atoms with E-state index in [-0.39, 0.29) is 16.9 Å². The first kappa shape index (κ1) is 18.6. The molecule has 3 heteroatoms. The molecule has 0 saturated carbocycles. The molecule has 1 aliphatic rings. The zero-order valence-electron chi connectivity index (χ0n) is 15.0. The third-order valence-corrected chi connectivity index (χ3v) is 5.12. The second-order valence-corrected chi connectivity index (χ2v) is 7.06. The Kier molecular flexibility index (Phi) is 6.04. The van der Waals surface area contributed by atoms with Crippen LogP contribution >= 0.6 is 0 Å². The minimum Gasteiger partial charge on any atom is -0.206 e. The SMILES string of the molecule is CCCCCC1CCc2cc(C#Cc3cccc(F)c3F)c(F)cc2C1. The van der Waals surface area contributed by atoms with Crippen molar-refractivity contribution >= 4 is 0 Å². The number of aryl methyl sites for hydroxylation is 1. The Morgan fingerprint density at radius 3 is 2.58 bits per heavy atom. The van der Waals surface area contributed by atoms with Crippen molar-refractivity contribution in [2.24, 2.45) is 5.92 Å². The van der Waals surface area contributed by atoms with Gasteiger partial charge in [-0.25, -0.2) is 13.2 Å². The van der Waals surface area contributed by atoms with E-state index >= 15 is 0 Å². The number of unbranched alkanes of at least 4 members (excludes halogenated alkanes) is 2. The van der Waals surface area contributed by atoms with Gasteiger partial charge < -0.3 is 0 Å². The lowest BCUT2D eigenvalue weighted by Gasteiger charge is -2.25. The van der Waals surface area contributed by atoms with E-state index < -0.39 is 11.6 Å². The molecule has 0 nitrogen and oxygen atoms in total. The van der Waals surface area contributed by atoms with E-state index in [2.05, 4.69) is 18.8 Å². The van der Waals surface area contributed by atoms with Crippen LogP contribution in [0.3, 0.4) is 0 Å². The molecule has 1 unspecified atom stereocenters. The number of hydrogen-bond acceptors (Lipinski definition) is 0. The van der Waals surface area contributed by atoms with Crippen molar-refractivity contribution in [3.63, 3.8) is 0 Å². The zero-order valence-corrected chi connectivity index (χ0v) is 15.0. The Morgan fingerprint density at radius 1 is 0.962 bits per heavy atom. The van der Waals surface area contributed by atoms with Crippen molar-refractivity contribution in [2.45, 2.75) is 51.9 Å². The van der Waals surface area contributed by atoms with Gasteiger partial charge in [-0.2, -0.15) is 0 Å². The second-order valence-electron chi connectivity index (χ2n) is 7.06. The molecule has 0 bridgehead atoms. The van der Waals surface area contributed by atoms with Crippen molar-refractivity contribution in [3.05, 3.63) is 70.0 Å². The maximum atomic E-state index is 14.4. The van der Waals surface area contributed by atoms with E-state index in [9.17, 15) is 13.2 Å². The summed E-state index contributed by atoms with van der Waals surface area (Å²) >= 11 is 0. The largest absolute Gasteiger partial charge is 0.206 e. The maximum Gasteiger partial charge on any atom is 0.174 e. The van der Waals surface area contributed by atoms with Gasteiger partial charge >= 0.3 is 0 Å². The van der Waals surface area contributed by atoms with Crippen molar-refractivity contribution < 1.29 is 13.2 Å². The number of fused-ring (bicyclic) bond motifs is 1. The lowest BCUT2D eigenvalue weighted by Crippen LogP contribution is -2.15. The fourth-order valence-electron chi connectivity index (χ4n) is 3.61. The lowest BCUT2D eigenvalue weighted by molar-refractivity contribution is 0.407. The van der Waals surface area contributed by atoms with Gasteiger partial charge in [0.15, 0.2) is 11.6 Å². The molecule has 0 heterocycles. The molecule has 0 fully saturated rings. The van der Waals surface area contributed by atoms with Gasteiger partial charge in [-0.3, -0.25) is 0 Å². The molecule has 2 aromatic rings. The minimum atomic E-state index is -0.992. The van der Waals surface area contributed by atoms with Crippen LogP contribution in [0.15, 0.2) is 30.3 Å². The molecule has 0 aromatic heterocycles. The van der Waals surface area contributed by atoms with Crippen LogP contribution in [0.4, 0.5) is 13.2 Å². The molecule has 3 rings (SSSR count). The summed E-state index contributed by atoms with van der Waals surface area (Å²) in [7, 11) is 0.